The summed E-state index contributed by atoms with van der Waals surface area (Å²) in [5.74, 6) is -0.900. The van der Waals surface area contributed by atoms with Gasteiger partial charge < -0.3 is 15.7 Å². The first-order chi connectivity index (χ1) is 6.18. The minimum atomic E-state index is -0.852. The fourth-order valence-electron chi connectivity index (χ4n) is 0.904. The van der Waals surface area contributed by atoms with Gasteiger partial charge in [-0.1, -0.05) is 0 Å². The Morgan fingerprint density at radius 1 is 1.38 bits per heavy atom. The summed E-state index contributed by atoms with van der Waals surface area (Å²) in [6.07, 6.45) is 2.19. The molecule has 0 unspecified atom stereocenters. The average Bonchev–Trinajstić information content (AvgIpc) is 2.81. The van der Waals surface area contributed by atoms with Gasteiger partial charge in [-0.05, 0) is 12.8 Å². The van der Waals surface area contributed by atoms with Gasteiger partial charge in [0.1, 0.15) is 0 Å². The summed E-state index contributed by atoms with van der Waals surface area (Å²) in [7, 11) is 0. The van der Waals surface area contributed by atoms with Crippen molar-refractivity contribution in [1.82, 2.24) is 10.6 Å². The van der Waals surface area contributed by atoms with Crippen molar-refractivity contribution >= 4 is 11.9 Å². The van der Waals surface area contributed by atoms with Crippen LogP contribution < -0.4 is 10.6 Å². The van der Waals surface area contributed by atoms with Crippen molar-refractivity contribution in [3.63, 3.8) is 0 Å². The van der Waals surface area contributed by atoms with Gasteiger partial charge in [0.15, 0.2) is 0 Å². The number of carboxylic acid groups (broad SMARTS) is 1. The van der Waals surface area contributed by atoms with E-state index in [0.29, 0.717) is 12.6 Å². The molecule has 1 fully saturated rings. The van der Waals surface area contributed by atoms with Crippen molar-refractivity contribution in [3.05, 3.63) is 0 Å². The molecule has 0 atom stereocenters. The SMILES string of the molecule is O=C(O)CCNCC(=O)NC1CC1. The van der Waals surface area contributed by atoms with Gasteiger partial charge in [-0.25, -0.2) is 0 Å². The zero-order valence-corrected chi connectivity index (χ0v) is 7.38. The lowest BCUT2D eigenvalue weighted by atomic mass is 10.4. The van der Waals surface area contributed by atoms with E-state index in [0.717, 1.165) is 12.8 Å². The van der Waals surface area contributed by atoms with Crippen molar-refractivity contribution in [2.45, 2.75) is 25.3 Å². The molecule has 1 saturated carbocycles. The van der Waals surface area contributed by atoms with Gasteiger partial charge in [-0.15, -0.1) is 0 Å². The Bertz CT molecular complexity index is 202. The van der Waals surface area contributed by atoms with Gasteiger partial charge >= 0.3 is 5.97 Å². The summed E-state index contributed by atoms with van der Waals surface area (Å²) >= 11 is 0. The van der Waals surface area contributed by atoms with E-state index in [1.807, 2.05) is 0 Å². The molecular weight excluding hydrogens is 172 g/mol. The standard InChI is InChI=1S/C8H14N2O3/c11-7(10-6-1-2-6)5-9-4-3-8(12)13/h6,9H,1-5H2,(H,10,11)(H,12,13). The number of amides is 1. The normalized spacial score (nSPS) is 15.4. The molecule has 0 aromatic carbocycles. The number of carbonyl (C=O) groups is 2. The molecule has 0 aromatic heterocycles. The highest BCUT2D eigenvalue weighted by molar-refractivity contribution is 5.78. The molecule has 0 saturated heterocycles. The van der Waals surface area contributed by atoms with Crippen molar-refractivity contribution in [2.24, 2.45) is 0 Å². The highest BCUT2D eigenvalue weighted by Crippen LogP contribution is 2.17. The Morgan fingerprint density at radius 3 is 2.62 bits per heavy atom. The lowest BCUT2D eigenvalue weighted by Gasteiger charge is -2.03. The summed E-state index contributed by atoms with van der Waals surface area (Å²) in [5, 5.41) is 13.8. The molecule has 0 spiro atoms. The molecule has 1 aliphatic rings. The van der Waals surface area contributed by atoms with Gasteiger partial charge in [0.05, 0.1) is 13.0 Å². The Balaban J connectivity index is 1.91. The first-order valence-corrected chi connectivity index (χ1v) is 4.40. The van der Waals surface area contributed by atoms with Crippen molar-refractivity contribution in [3.8, 4) is 0 Å². The maximum Gasteiger partial charge on any atom is 0.304 e. The molecule has 0 bridgehead atoms. The predicted octanol–water partition coefficient (Wildman–Crippen LogP) is -0.671. The van der Waals surface area contributed by atoms with Crippen molar-refractivity contribution in [1.29, 1.82) is 0 Å². The third-order valence-electron chi connectivity index (χ3n) is 1.74. The van der Waals surface area contributed by atoms with E-state index in [-0.39, 0.29) is 18.9 Å². The van der Waals surface area contributed by atoms with E-state index >= 15 is 0 Å². The maximum atomic E-state index is 11.0. The number of nitrogens with one attached hydrogen (secondary N) is 2. The molecule has 0 aliphatic heterocycles. The lowest BCUT2D eigenvalue weighted by molar-refractivity contribution is -0.137. The smallest absolute Gasteiger partial charge is 0.304 e. The fourth-order valence-corrected chi connectivity index (χ4v) is 0.904. The third-order valence-corrected chi connectivity index (χ3v) is 1.74. The molecule has 1 amide bonds. The van der Waals surface area contributed by atoms with Crippen LogP contribution in [-0.4, -0.2) is 36.1 Å². The zero-order chi connectivity index (χ0) is 9.68. The van der Waals surface area contributed by atoms with Crippen LogP contribution in [-0.2, 0) is 9.59 Å². The summed E-state index contributed by atoms with van der Waals surface area (Å²) in [5.41, 5.74) is 0. The quantitative estimate of drug-likeness (QED) is 0.481. The summed E-state index contributed by atoms with van der Waals surface area (Å²) < 4.78 is 0. The molecule has 0 radical (unpaired) electrons. The van der Waals surface area contributed by atoms with E-state index in [9.17, 15) is 9.59 Å². The molecule has 1 aliphatic carbocycles. The molecule has 1 rings (SSSR count). The second kappa shape index (κ2) is 4.81. The molecule has 13 heavy (non-hydrogen) atoms. The van der Waals surface area contributed by atoms with E-state index < -0.39 is 5.97 Å². The van der Waals surface area contributed by atoms with Gasteiger partial charge in [0, 0.05) is 12.6 Å². The maximum absolute atomic E-state index is 11.0. The summed E-state index contributed by atoms with van der Waals surface area (Å²) in [6, 6.07) is 0.369. The first-order valence-electron chi connectivity index (χ1n) is 4.40. The second-order valence-electron chi connectivity index (χ2n) is 3.16. The van der Waals surface area contributed by atoms with Gasteiger partial charge in [-0.3, -0.25) is 9.59 Å². The first kappa shape index (κ1) is 9.98. The molecule has 74 valence electrons. The van der Waals surface area contributed by atoms with Gasteiger partial charge in [0.2, 0.25) is 5.91 Å². The van der Waals surface area contributed by atoms with Crippen LogP contribution in [0.1, 0.15) is 19.3 Å². The number of rotatable bonds is 6. The minimum Gasteiger partial charge on any atom is -0.481 e. The highest BCUT2D eigenvalue weighted by Gasteiger charge is 2.22. The van der Waals surface area contributed by atoms with Crippen LogP contribution in [0, 0.1) is 0 Å². The molecular formula is C8H14N2O3. The number of carboxylic acids is 1. The van der Waals surface area contributed by atoms with Crippen LogP contribution >= 0.6 is 0 Å². The number of aliphatic carboxylic acids is 1. The monoisotopic (exact) mass is 186 g/mol. The molecule has 5 nitrogen and oxygen atoms in total. The number of hydrogen-bond donors (Lipinski definition) is 3. The topological polar surface area (TPSA) is 78.4 Å². The minimum absolute atomic E-state index is 0.0483. The predicted molar refractivity (Wildman–Crippen MR) is 46.3 cm³/mol. The van der Waals surface area contributed by atoms with Crippen molar-refractivity contribution in [2.75, 3.05) is 13.1 Å². The van der Waals surface area contributed by atoms with E-state index in [2.05, 4.69) is 10.6 Å². The lowest BCUT2D eigenvalue weighted by Crippen LogP contribution is -2.35. The van der Waals surface area contributed by atoms with Crippen molar-refractivity contribution < 1.29 is 14.7 Å². The second-order valence-corrected chi connectivity index (χ2v) is 3.16. The molecule has 5 heteroatoms. The molecule has 3 N–H and O–H groups in total. The van der Waals surface area contributed by atoms with Crippen LogP contribution in [0.4, 0.5) is 0 Å². The van der Waals surface area contributed by atoms with E-state index in [1.165, 1.54) is 0 Å². The summed E-state index contributed by atoms with van der Waals surface area (Å²) in [4.78, 5) is 21.1. The fraction of sp³-hybridized carbons (Fsp3) is 0.750. The Labute approximate surface area is 76.5 Å². The highest BCUT2D eigenvalue weighted by atomic mass is 16.4. The number of carbonyl (C=O) groups excluding carboxylic acids is 1. The van der Waals surface area contributed by atoms with Crippen LogP contribution in [0.5, 0.6) is 0 Å². The van der Waals surface area contributed by atoms with Crippen LogP contribution in [0.25, 0.3) is 0 Å². The summed E-state index contributed by atoms with van der Waals surface area (Å²) in [6.45, 7) is 0.553. The Kier molecular flexibility index (Phi) is 3.70. The Morgan fingerprint density at radius 2 is 2.08 bits per heavy atom. The largest absolute Gasteiger partial charge is 0.481 e. The zero-order valence-electron chi connectivity index (χ0n) is 7.38. The number of hydrogen-bond acceptors (Lipinski definition) is 3. The van der Waals surface area contributed by atoms with E-state index in [1.54, 1.807) is 0 Å². The third kappa shape index (κ3) is 5.19. The average molecular weight is 186 g/mol. The molecule has 0 heterocycles. The van der Waals surface area contributed by atoms with E-state index in [4.69, 9.17) is 5.11 Å². The van der Waals surface area contributed by atoms with Gasteiger partial charge in [-0.2, -0.15) is 0 Å². The van der Waals surface area contributed by atoms with Crippen LogP contribution in [0.3, 0.4) is 0 Å². The van der Waals surface area contributed by atoms with Crippen LogP contribution in [0.15, 0.2) is 0 Å². The Hall–Kier alpha value is -1.10. The molecule has 0 aromatic rings. The van der Waals surface area contributed by atoms with Gasteiger partial charge in [0.25, 0.3) is 0 Å². The van der Waals surface area contributed by atoms with Crippen LogP contribution in [0.2, 0.25) is 0 Å².